The summed E-state index contributed by atoms with van der Waals surface area (Å²) in [5.41, 5.74) is 2.35. The maximum Gasteiger partial charge on any atom is 0.178 e. The number of aliphatic imine (C=N–C) groups is 1. The van der Waals surface area contributed by atoms with Crippen LogP contribution in [-0.4, -0.2) is 29.7 Å². The number of hydrogen-bond acceptors (Lipinski definition) is 2. The fourth-order valence-electron chi connectivity index (χ4n) is 2.78. The summed E-state index contributed by atoms with van der Waals surface area (Å²) in [6.45, 7) is 5.32. The van der Waals surface area contributed by atoms with E-state index in [1.54, 1.807) is 0 Å². The predicted molar refractivity (Wildman–Crippen MR) is 87.6 cm³/mol. The van der Waals surface area contributed by atoms with Crippen LogP contribution in [0, 0.1) is 0 Å². The fraction of sp³-hybridized carbons (Fsp3) is 0.444. The van der Waals surface area contributed by atoms with E-state index in [1.807, 2.05) is 56.1 Å². The van der Waals surface area contributed by atoms with Crippen molar-refractivity contribution in [1.29, 1.82) is 0 Å². The second-order valence-electron chi connectivity index (χ2n) is 5.75. The molecule has 3 nitrogen and oxygen atoms in total. The Labute approximate surface area is 131 Å². The van der Waals surface area contributed by atoms with Gasteiger partial charge in [-0.05, 0) is 24.5 Å². The molecule has 1 aromatic rings. The van der Waals surface area contributed by atoms with Gasteiger partial charge in [0.05, 0.1) is 6.04 Å². The van der Waals surface area contributed by atoms with E-state index < -0.39 is 6.17 Å². The molecule has 118 valence electrons. The van der Waals surface area contributed by atoms with Crippen molar-refractivity contribution in [3.63, 3.8) is 0 Å². The highest BCUT2D eigenvalue weighted by Crippen LogP contribution is 2.34. The largest absolute Gasteiger partial charge is 0.353 e. The molecule has 1 saturated heterocycles. The first-order chi connectivity index (χ1) is 10.5. The topological polar surface area (TPSA) is 32.7 Å². The molecule has 2 atom stereocenters. The minimum atomic E-state index is -1.14. The summed E-state index contributed by atoms with van der Waals surface area (Å²) < 4.78 is 14.5. The lowest BCUT2D eigenvalue weighted by Crippen LogP contribution is -2.26. The number of benzene rings is 1. The van der Waals surface area contributed by atoms with Crippen LogP contribution >= 0.6 is 0 Å². The number of hydrogen-bond donors (Lipinski definition) is 0. The Hall–Kier alpha value is -1.97. The van der Waals surface area contributed by atoms with Gasteiger partial charge in [0.25, 0.3) is 0 Å². The monoisotopic (exact) mass is 302 g/mol. The molecule has 1 heterocycles. The van der Waals surface area contributed by atoms with Crippen LogP contribution in [0.2, 0.25) is 0 Å². The molecule has 2 unspecified atom stereocenters. The van der Waals surface area contributed by atoms with E-state index in [2.05, 4.69) is 4.99 Å². The highest BCUT2D eigenvalue weighted by atomic mass is 19.1. The van der Waals surface area contributed by atoms with Crippen molar-refractivity contribution in [2.45, 2.75) is 45.8 Å². The Morgan fingerprint density at radius 3 is 2.50 bits per heavy atom. The number of allylic oxidation sites excluding steroid dienone is 2. The first-order valence-electron chi connectivity index (χ1n) is 7.66. The third-order valence-corrected chi connectivity index (χ3v) is 4.22. The zero-order valence-electron chi connectivity index (χ0n) is 13.6. The molecule has 0 saturated carbocycles. The summed E-state index contributed by atoms with van der Waals surface area (Å²) in [5, 5.41) is 0. The van der Waals surface area contributed by atoms with Crippen molar-refractivity contribution in [3.8, 4) is 0 Å². The highest BCUT2D eigenvalue weighted by molar-refractivity contribution is 5.99. The Morgan fingerprint density at radius 1 is 1.32 bits per heavy atom. The molecule has 1 aliphatic heterocycles. The maximum atomic E-state index is 14.5. The second kappa shape index (κ2) is 6.86. The second-order valence-corrected chi connectivity index (χ2v) is 5.75. The third-order valence-electron chi connectivity index (χ3n) is 4.22. The van der Waals surface area contributed by atoms with Crippen LogP contribution < -0.4 is 0 Å². The van der Waals surface area contributed by atoms with Crippen molar-refractivity contribution in [3.05, 3.63) is 47.2 Å². The summed E-state index contributed by atoms with van der Waals surface area (Å²) >= 11 is 0. The summed E-state index contributed by atoms with van der Waals surface area (Å²) in [6.07, 6.45) is -0.0429. The molecule has 0 N–H and O–H groups in total. The summed E-state index contributed by atoms with van der Waals surface area (Å²) in [6, 6.07) is 9.80. The molecule has 0 radical (unpaired) electrons. The summed E-state index contributed by atoms with van der Waals surface area (Å²) in [4.78, 5) is 18.0. The van der Waals surface area contributed by atoms with Gasteiger partial charge in [0.2, 0.25) is 0 Å². The number of halogens is 1. The van der Waals surface area contributed by atoms with Crippen LogP contribution in [0.5, 0.6) is 0 Å². The number of amidine groups is 1. The van der Waals surface area contributed by atoms with E-state index in [1.165, 1.54) is 6.92 Å². The van der Waals surface area contributed by atoms with Crippen LogP contribution in [0.1, 0.15) is 45.2 Å². The van der Waals surface area contributed by atoms with Crippen LogP contribution in [0.15, 0.2) is 46.6 Å². The number of carbonyl (C=O) groups is 1. The number of Topliss-reactive ketones (excluding diaryl/α,β-unsaturated/α-hetero) is 1. The predicted octanol–water partition coefficient (Wildman–Crippen LogP) is 4.07. The molecule has 0 bridgehead atoms. The van der Waals surface area contributed by atoms with E-state index in [9.17, 15) is 9.18 Å². The lowest BCUT2D eigenvalue weighted by atomic mass is 10.0. The lowest BCUT2D eigenvalue weighted by Gasteiger charge is -2.22. The Balaban J connectivity index is 2.36. The summed E-state index contributed by atoms with van der Waals surface area (Å²) in [7, 11) is 1.84. The Bertz CT molecular complexity index is 607. The van der Waals surface area contributed by atoms with Crippen molar-refractivity contribution < 1.29 is 9.18 Å². The van der Waals surface area contributed by atoms with E-state index in [4.69, 9.17) is 0 Å². The number of carbonyl (C=O) groups excluding carboxylic acids is 1. The van der Waals surface area contributed by atoms with Crippen molar-refractivity contribution in [1.82, 2.24) is 4.90 Å². The molecular weight excluding hydrogens is 279 g/mol. The standard InChI is InChI=1S/C18H23FN2O/c1-5-12(2)17(13(3)22)20-18-15(19)11-16(21(18)4)14-9-7-6-8-10-14/h6-10,15-16H,5,11H2,1-4H3. The van der Waals surface area contributed by atoms with Gasteiger partial charge in [0.15, 0.2) is 12.0 Å². The molecule has 0 amide bonds. The molecule has 1 aromatic carbocycles. The molecule has 1 aliphatic rings. The third kappa shape index (κ3) is 3.26. The lowest BCUT2D eigenvalue weighted by molar-refractivity contribution is -0.113. The molecule has 0 spiro atoms. The van der Waals surface area contributed by atoms with Crippen LogP contribution in [0.3, 0.4) is 0 Å². The molecule has 2 rings (SSSR count). The first-order valence-corrected chi connectivity index (χ1v) is 7.66. The fourth-order valence-corrected chi connectivity index (χ4v) is 2.78. The number of rotatable bonds is 4. The smallest absolute Gasteiger partial charge is 0.178 e. The minimum Gasteiger partial charge on any atom is -0.353 e. The highest BCUT2D eigenvalue weighted by Gasteiger charge is 2.36. The van der Waals surface area contributed by atoms with Crippen LogP contribution in [-0.2, 0) is 4.79 Å². The summed E-state index contributed by atoms with van der Waals surface area (Å²) in [5.74, 6) is 0.238. The maximum absolute atomic E-state index is 14.5. The van der Waals surface area contributed by atoms with Crippen molar-refractivity contribution >= 4 is 11.6 Å². The van der Waals surface area contributed by atoms with Gasteiger partial charge < -0.3 is 4.90 Å². The van der Waals surface area contributed by atoms with Crippen molar-refractivity contribution in [2.24, 2.45) is 4.99 Å². The SMILES string of the molecule is CCC(C)=C(N=C1C(F)CC(c2ccccc2)N1C)C(C)=O. The Kier molecular flexibility index (Phi) is 5.11. The average molecular weight is 302 g/mol. The average Bonchev–Trinajstić information content (AvgIpc) is 2.79. The van der Waals surface area contributed by atoms with Crippen LogP contribution in [0.4, 0.5) is 4.39 Å². The molecule has 4 heteroatoms. The van der Waals surface area contributed by atoms with Gasteiger partial charge >= 0.3 is 0 Å². The van der Waals surface area contributed by atoms with Gasteiger partial charge in [-0.25, -0.2) is 9.38 Å². The molecule has 22 heavy (non-hydrogen) atoms. The van der Waals surface area contributed by atoms with Crippen molar-refractivity contribution in [2.75, 3.05) is 7.05 Å². The molecular formula is C18H23FN2O. The normalized spacial score (nSPS) is 24.6. The van der Waals surface area contributed by atoms with E-state index in [0.29, 0.717) is 18.0 Å². The first kappa shape index (κ1) is 16.4. The minimum absolute atomic E-state index is 0.0370. The van der Waals surface area contributed by atoms with Gasteiger partial charge in [-0.2, -0.15) is 0 Å². The number of alkyl halides is 1. The van der Waals surface area contributed by atoms with Gasteiger partial charge in [-0.3, -0.25) is 4.79 Å². The number of nitrogens with zero attached hydrogens (tertiary/aromatic N) is 2. The molecule has 1 fully saturated rings. The van der Waals surface area contributed by atoms with Gasteiger partial charge in [0.1, 0.15) is 11.5 Å². The molecule has 0 aromatic heterocycles. The Morgan fingerprint density at radius 2 is 1.95 bits per heavy atom. The van der Waals surface area contributed by atoms with Gasteiger partial charge in [-0.1, -0.05) is 37.3 Å². The quantitative estimate of drug-likeness (QED) is 0.785. The number of likely N-dealkylation sites (tertiary alicyclic amines) is 1. The van der Waals surface area contributed by atoms with Gasteiger partial charge in [-0.15, -0.1) is 0 Å². The number of ketones is 1. The van der Waals surface area contributed by atoms with Crippen LogP contribution in [0.25, 0.3) is 0 Å². The molecule has 0 aliphatic carbocycles. The zero-order valence-corrected chi connectivity index (χ0v) is 13.6. The van der Waals surface area contributed by atoms with Gasteiger partial charge in [0, 0.05) is 20.4 Å². The van der Waals surface area contributed by atoms with E-state index >= 15 is 0 Å². The van der Waals surface area contributed by atoms with E-state index in [-0.39, 0.29) is 11.8 Å². The zero-order chi connectivity index (χ0) is 16.3. The van der Waals surface area contributed by atoms with E-state index in [0.717, 1.165) is 17.6 Å².